The molecule has 0 spiro atoms. The van der Waals surface area contributed by atoms with Crippen molar-refractivity contribution in [3.63, 3.8) is 0 Å². The molecule has 6 nitrogen and oxygen atoms in total. The molecule has 0 bridgehead atoms. The average molecular weight is 393 g/mol. The summed E-state index contributed by atoms with van der Waals surface area (Å²) >= 11 is 0. The van der Waals surface area contributed by atoms with Crippen LogP contribution in [0.5, 0.6) is 0 Å². The van der Waals surface area contributed by atoms with E-state index in [4.69, 9.17) is 0 Å². The van der Waals surface area contributed by atoms with E-state index in [-0.39, 0.29) is 11.4 Å². The molecule has 1 aromatic carbocycles. The summed E-state index contributed by atoms with van der Waals surface area (Å²) in [7, 11) is 0. The minimum Gasteiger partial charge on any atom is -0.356 e. The summed E-state index contributed by atoms with van der Waals surface area (Å²) in [5, 5.41) is 5.41. The van der Waals surface area contributed by atoms with Gasteiger partial charge in [-0.05, 0) is 68.2 Å². The second kappa shape index (κ2) is 7.54. The Hall–Kier alpha value is -2.83. The Morgan fingerprint density at radius 2 is 1.90 bits per heavy atom. The molecule has 1 saturated heterocycles. The zero-order valence-corrected chi connectivity index (χ0v) is 16.4. The molecule has 0 N–H and O–H groups in total. The lowest BCUT2D eigenvalue weighted by Gasteiger charge is -2.33. The van der Waals surface area contributed by atoms with Crippen LogP contribution >= 0.6 is 0 Å². The van der Waals surface area contributed by atoms with Crippen LogP contribution in [0.1, 0.15) is 36.9 Å². The number of aromatic nitrogens is 4. The fraction of sp³-hybridized carbons (Fsp3) is 0.455. The van der Waals surface area contributed by atoms with Crippen molar-refractivity contribution in [1.29, 1.82) is 0 Å². The molecule has 3 heterocycles. The Morgan fingerprint density at radius 3 is 2.76 bits per heavy atom. The van der Waals surface area contributed by atoms with Gasteiger partial charge in [0.2, 0.25) is 0 Å². The Balaban J connectivity index is 1.30. The lowest BCUT2D eigenvalue weighted by atomic mass is 9.95. The highest BCUT2D eigenvalue weighted by Crippen LogP contribution is 2.28. The highest BCUT2D eigenvalue weighted by Gasteiger charge is 2.23. The van der Waals surface area contributed by atoms with Crippen molar-refractivity contribution >= 4 is 16.7 Å². The van der Waals surface area contributed by atoms with Crippen LogP contribution in [-0.2, 0) is 19.4 Å². The summed E-state index contributed by atoms with van der Waals surface area (Å²) in [4.78, 5) is 23.3. The number of benzene rings is 1. The van der Waals surface area contributed by atoms with Gasteiger partial charge in [-0.15, -0.1) is 0 Å². The summed E-state index contributed by atoms with van der Waals surface area (Å²) in [6, 6.07) is 6.41. The van der Waals surface area contributed by atoms with Crippen LogP contribution in [0.4, 0.5) is 10.2 Å². The number of hydrogen-bond donors (Lipinski definition) is 0. The summed E-state index contributed by atoms with van der Waals surface area (Å²) < 4.78 is 15.4. The molecule has 5 rings (SSSR count). The van der Waals surface area contributed by atoms with Crippen LogP contribution < -0.4 is 10.5 Å². The third kappa shape index (κ3) is 3.61. The van der Waals surface area contributed by atoms with Gasteiger partial charge in [-0.25, -0.2) is 19.0 Å². The van der Waals surface area contributed by atoms with Gasteiger partial charge in [0.05, 0.1) is 11.2 Å². The van der Waals surface area contributed by atoms with Crippen LogP contribution in [0.3, 0.4) is 0 Å². The van der Waals surface area contributed by atoms with Gasteiger partial charge in [-0.2, -0.15) is 5.10 Å². The Bertz CT molecular complexity index is 1100. The molecule has 1 aliphatic carbocycles. The maximum absolute atomic E-state index is 13.7. The zero-order valence-electron chi connectivity index (χ0n) is 16.4. The van der Waals surface area contributed by atoms with Crippen molar-refractivity contribution in [3.8, 4) is 0 Å². The maximum Gasteiger partial charge on any atom is 0.267 e. The minimum absolute atomic E-state index is 0.0188. The fourth-order valence-electron chi connectivity index (χ4n) is 4.57. The van der Waals surface area contributed by atoms with Gasteiger partial charge in [0.15, 0.2) is 0 Å². The number of piperidine rings is 1. The molecule has 1 fully saturated rings. The maximum atomic E-state index is 13.7. The molecule has 0 radical (unpaired) electrons. The first-order valence-corrected chi connectivity index (χ1v) is 10.4. The first-order valence-electron chi connectivity index (χ1n) is 10.4. The van der Waals surface area contributed by atoms with Crippen LogP contribution in [0.15, 0.2) is 35.4 Å². The van der Waals surface area contributed by atoms with Crippen molar-refractivity contribution in [1.82, 2.24) is 19.7 Å². The van der Waals surface area contributed by atoms with Crippen LogP contribution in [0.2, 0.25) is 0 Å². The van der Waals surface area contributed by atoms with Crippen LogP contribution in [0.25, 0.3) is 10.9 Å². The molecule has 7 heteroatoms. The topological polar surface area (TPSA) is 63.9 Å². The van der Waals surface area contributed by atoms with Crippen molar-refractivity contribution in [2.24, 2.45) is 5.92 Å². The van der Waals surface area contributed by atoms with Gasteiger partial charge in [0.25, 0.3) is 5.56 Å². The van der Waals surface area contributed by atoms with E-state index in [9.17, 15) is 9.18 Å². The number of aryl methyl sites for hydroxylation is 2. The molecule has 0 unspecified atom stereocenters. The monoisotopic (exact) mass is 393 g/mol. The standard InChI is InChI=1S/C22H24FN5O/c23-17-5-6-20-18(12-17)22(25-14-24-20)27-9-7-15(8-10-27)13-28-21(29)11-16-3-1-2-4-19(16)26-28/h5-6,11-12,14-15H,1-4,7-10,13H2. The highest BCUT2D eigenvalue weighted by molar-refractivity contribution is 5.89. The molecule has 150 valence electrons. The lowest BCUT2D eigenvalue weighted by molar-refractivity contribution is 0.331. The summed E-state index contributed by atoms with van der Waals surface area (Å²) in [5.74, 6) is 0.918. The summed E-state index contributed by atoms with van der Waals surface area (Å²) in [5.41, 5.74) is 3.01. The third-order valence-corrected chi connectivity index (χ3v) is 6.20. The Morgan fingerprint density at radius 1 is 1.07 bits per heavy atom. The Labute approximate surface area is 168 Å². The minimum atomic E-state index is -0.277. The van der Waals surface area contributed by atoms with Crippen LogP contribution in [-0.4, -0.2) is 32.8 Å². The van der Waals surface area contributed by atoms with Crippen LogP contribution in [0, 0.1) is 11.7 Å². The van der Waals surface area contributed by atoms with E-state index in [0.29, 0.717) is 12.5 Å². The van der Waals surface area contributed by atoms with Gasteiger partial charge in [0, 0.05) is 31.1 Å². The number of halogens is 1. The van der Waals surface area contributed by atoms with E-state index in [1.807, 2.05) is 0 Å². The molecule has 2 aliphatic rings. The van der Waals surface area contributed by atoms with Crippen molar-refractivity contribution in [2.75, 3.05) is 18.0 Å². The zero-order chi connectivity index (χ0) is 19.8. The molecule has 2 aromatic heterocycles. The normalized spacial score (nSPS) is 17.5. The molecule has 0 amide bonds. The Kier molecular flexibility index (Phi) is 4.73. The smallest absolute Gasteiger partial charge is 0.267 e. The third-order valence-electron chi connectivity index (χ3n) is 6.20. The largest absolute Gasteiger partial charge is 0.356 e. The van der Waals surface area contributed by atoms with Gasteiger partial charge >= 0.3 is 0 Å². The van der Waals surface area contributed by atoms with Gasteiger partial charge < -0.3 is 4.90 Å². The number of rotatable bonds is 3. The molecule has 1 aliphatic heterocycles. The van der Waals surface area contributed by atoms with Crippen molar-refractivity contribution in [2.45, 2.75) is 45.1 Å². The molecule has 0 saturated carbocycles. The predicted octanol–water partition coefficient (Wildman–Crippen LogP) is 3.12. The first-order chi connectivity index (χ1) is 14.2. The second-order valence-electron chi connectivity index (χ2n) is 8.13. The van der Waals surface area contributed by atoms with Gasteiger partial charge in [-0.3, -0.25) is 4.79 Å². The number of fused-ring (bicyclic) bond motifs is 2. The molecule has 0 atom stereocenters. The molecular weight excluding hydrogens is 369 g/mol. The van der Waals surface area contributed by atoms with Gasteiger partial charge in [0.1, 0.15) is 18.0 Å². The lowest BCUT2D eigenvalue weighted by Crippen LogP contribution is -2.37. The van der Waals surface area contributed by atoms with E-state index >= 15 is 0 Å². The number of hydrogen-bond acceptors (Lipinski definition) is 5. The van der Waals surface area contributed by atoms with E-state index in [1.165, 1.54) is 18.5 Å². The highest BCUT2D eigenvalue weighted by atomic mass is 19.1. The van der Waals surface area contributed by atoms with Gasteiger partial charge in [-0.1, -0.05) is 0 Å². The van der Waals surface area contributed by atoms with E-state index in [2.05, 4.69) is 20.0 Å². The number of anilines is 1. The second-order valence-corrected chi connectivity index (χ2v) is 8.13. The fourth-order valence-corrected chi connectivity index (χ4v) is 4.57. The van der Waals surface area contributed by atoms with E-state index < -0.39 is 0 Å². The summed E-state index contributed by atoms with van der Waals surface area (Å²) in [6.07, 6.45) is 7.70. The quantitative estimate of drug-likeness (QED) is 0.684. The van der Waals surface area contributed by atoms with Crippen molar-refractivity contribution in [3.05, 3.63) is 58.0 Å². The van der Waals surface area contributed by atoms with E-state index in [0.717, 1.165) is 79.6 Å². The molecule has 3 aromatic rings. The average Bonchev–Trinajstić information content (AvgIpc) is 2.74. The summed E-state index contributed by atoms with van der Waals surface area (Å²) in [6.45, 7) is 2.32. The molecular formula is C22H24FN5O. The van der Waals surface area contributed by atoms with E-state index in [1.54, 1.807) is 16.8 Å². The SMILES string of the molecule is O=c1cc2c(nn1CC1CCN(c3ncnc4ccc(F)cc34)CC1)CCCC2. The van der Waals surface area contributed by atoms with Crippen molar-refractivity contribution < 1.29 is 4.39 Å². The predicted molar refractivity (Wildman–Crippen MR) is 110 cm³/mol. The number of nitrogens with zero attached hydrogens (tertiary/aromatic N) is 5. The molecule has 29 heavy (non-hydrogen) atoms. The first kappa shape index (κ1) is 18.2.